The minimum absolute atomic E-state index is 0.0160. The molecule has 0 unspecified atom stereocenters. The molecule has 0 bridgehead atoms. The number of nitrogens with one attached hydrogen (secondary N) is 1. The normalized spacial score (nSPS) is 17.2. The van der Waals surface area contributed by atoms with Crippen molar-refractivity contribution in [2.24, 2.45) is 0 Å². The maximum absolute atomic E-state index is 11.9. The molecule has 16 heavy (non-hydrogen) atoms. The number of carbonyl (C=O) groups is 1. The van der Waals surface area contributed by atoms with Crippen LogP contribution in [-0.2, 0) is 0 Å². The Kier molecular flexibility index (Phi) is 3.41. The summed E-state index contributed by atoms with van der Waals surface area (Å²) in [4.78, 5) is 15.9. The number of benzene rings is 1. The van der Waals surface area contributed by atoms with E-state index in [1.807, 2.05) is 42.3 Å². The van der Waals surface area contributed by atoms with E-state index >= 15 is 0 Å². The number of nitrogens with zero attached hydrogens (tertiary/aromatic N) is 2. The summed E-state index contributed by atoms with van der Waals surface area (Å²) in [6, 6.07) is 9.54. The first kappa shape index (κ1) is 11.0. The topological polar surface area (TPSA) is 35.6 Å². The monoisotopic (exact) mass is 219 g/mol. The molecule has 1 aromatic carbocycles. The van der Waals surface area contributed by atoms with Gasteiger partial charge in [0, 0.05) is 18.8 Å². The van der Waals surface area contributed by atoms with Crippen LogP contribution in [0, 0.1) is 0 Å². The first-order valence-corrected chi connectivity index (χ1v) is 5.55. The van der Waals surface area contributed by atoms with Crippen LogP contribution in [0.2, 0.25) is 0 Å². The Morgan fingerprint density at radius 3 is 2.69 bits per heavy atom. The predicted octanol–water partition coefficient (Wildman–Crippen LogP) is 1.81. The molecule has 1 N–H and O–H groups in total. The fourth-order valence-corrected chi connectivity index (χ4v) is 1.85. The Morgan fingerprint density at radius 2 is 2.00 bits per heavy atom. The van der Waals surface area contributed by atoms with Crippen LogP contribution in [0.15, 0.2) is 30.3 Å². The van der Waals surface area contributed by atoms with Crippen molar-refractivity contribution in [1.29, 1.82) is 0 Å². The minimum Gasteiger partial charge on any atom is -0.312 e. The van der Waals surface area contributed by atoms with Crippen molar-refractivity contribution in [2.75, 3.05) is 32.1 Å². The Labute approximate surface area is 95.8 Å². The molecular weight excluding hydrogens is 202 g/mol. The summed E-state index contributed by atoms with van der Waals surface area (Å²) in [7, 11) is 2.03. The molecule has 0 aliphatic carbocycles. The van der Waals surface area contributed by atoms with Crippen LogP contribution in [0.25, 0.3) is 0 Å². The summed E-state index contributed by atoms with van der Waals surface area (Å²) < 4.78 is 0. The summed E-state index contributed by atoms with van der Waals surface area (Å²) in [5.74, 6) is 0. The number of para-hydroxylation sites is 1. The quantitative estimate of drug-likeness (QED) is 0.782. The number of hydrogen-bond acceptors (Lipinski definition) is 2. The second-order valence-corrected chi connectivity index (χ2v) is 4.13. The summed E-state index contributed by atoms with van der Waals surface area (Å²) in [5, 5.41) is 2.89. The lowest BCUT2D eigenvalue weighted by atomic mass is 10.3. The molecule has 2 rings (SSSR count). The molecule has 4 heteroatoms. The molecule has 1 aliphatic heterocycles. The third-order valence-electron chi connectivity index (χ3n) is 2.69. The van der Waals surface area contributed by atoms with Crippen LogP contribution in [-0.4, -0.2) is 42.6 Å². The first-order chi connectivity index (χ1) is 7.75. The van der Waals surface area contributed by atoms with E-state index in [9.17, 15) is 4.79 Å². The van der Waals surface area contributed by atoms with Crippen LogP contribution in [0.1, 0.15) is 6.42 Å². The van der Waals surface area contributed by atoms with Gasteiger partial charge in [-0.2, -0.15) is 0 Å². The van der Waals surface area contributed by atoms with Gasteiger partial charge < -0.3 is 10.2 Å². The second-order valence-electron chi connectivity index (χ2n) is 4.13. The number of rotatable bonds is 1. The van der Waals surface area contributed by atoms with Gasteiger partial charge in [0.2, 0.25) is 0 Å². The molecule has 0 radical (unpaired) electrons. The van der Waals surface area contributed by atoms with Crippen molar-refractivity contribution < 1.29 is 4.79 Å². The fourth-order valence-electron chi connectivity index (χ4n) is 1.85. The highest BCUT2D eigenvalue weighted by atomic mass is 16.2. The van der Waals surface area contributed by atoms with Crippen molar-refractivity contribution >= 4 is 11.7 Å². The fraction of sp³-hybridized carbons (Fsp3) is 0.417. The van der Waals surface area contributed by atoms with Crippen molar-refractivity contribution in [3.63, 3.8) is 0 Å². The average molecular weight is 219 g/mol. The van der Waals surface area contributed by atoms with Crippen molar-refractivity contribution in [2.45, 2.75) is 6.42 Å². The van der Waals surface area contributed by atoms with E-state index < -0.39 is 0 Å². The molecule has 0 spiro atoms. The first-order valence-electron chi connectivity index (χ1n) is 5.55. The van der Waals surface area contributed by atoms with E-state index in [4.69, 9.17) is 0 Å². The molecule has 4 nitrogen and oxygen atoms in total. The van der Waals surface area contributed by atoms with E-state index in [-0.39, 0.29) is 6.03 Å². The maximum Gasteiger partial charge on any atom is 0.322 e. The lowest BCUT2D eigenvalue weighted by molar-refractivity contribution is 0.131. The molecule has 0 saturated carbocycles. The molecule has 1 aliphatic rings. The van der Waals surface area contributed by atoms with Crippen LogP contribution >= 0.6 is 0 Å². The highest BCUT2D eigenvalue weighted by molar-refractivity contribution is 5.89. The van der Waals surface area contributed by atoms with E-state index in [1.165, 1.54) is 0 Å². The van der Waals surface area contributed by atoms with Crippen LogP contribution < -0.4 is 5.32 Å². The summed E-state index contributed by atoms with van der Waals surface area (Å²) in [6.45, 7) is 2.61. The molecular formula is C12H17N3O. The van der Waals surface area contributed by atoms with E-state index in [2.05, 4.69) is 10.2 Å². The number of urea groups is 1. The van der Waals surface area contributed by atoms with Crippen LogP contribution in [0.5, 0.6) is 0 Å². The predicted molar refractivity (Wildman–Crippen MR) is 64.3 cm³/mol. The highest BCUT2D eigenvalue weighted by Gasteiger charge is 2.18. The number of amides is 2. The molecule has 1 heterocycles. The smallest absolute Gasteiger partial charge is 0.312 e. The summed E-state index contributed by atoms with van der Waals surface area (Å²) in [5.41, 5.74) is 0.848. The lowest BCUT2D eigenvalue weighted by Crippen LogP contribution is -2.47. The zero-order valence-electron chi connectivity index (χ0n) is 9.52. The SMILES string of the molecule is CN1CCCN(C(=O)Nc2ccccc2)C1. The van der Waals surface area contributed by atoms with Gasteiger partial charge in [-0.15, -0.1) is 0 Å². The zero-order valence-corrected chi connectivity index (χ0v) is 9.52. The summed E-state index contributed by atoms with van der Waals surface area (Å²) >= 11 is 0. The number of hydrogen-bond donors (Lipinski definition) is 1. The second kappa shape index (κ2) is 4.99. The Bertz CT molecular complexity index is 353. The lowest BCUT2D eigenvalue weighted by Gasteiger charge is -2.33. The van der Waals surface area contributed by atoms with Crippen molar-refractivity contribution in [1.82, 2.24) is 9.80 Å². The molecule has 1 saturated heterocycles. The van der Waals surface area contributed by atoms with Gasteiger partial charge in [0.15, 0.2) is 0 Å². The van der Waals surface area contributed by atoms with Crippen molar-refractivity contribution in [3.8, 4) is 0 Å². The van der Waals surface area contributed by atoms with E-state index in [0.717, 1.165) is 25.2 Å². The largest absolute Gasteiger partial charge is 0.322 e. The van der Waals surface area contributed by atoms with Crippen LogP contribution in [0.3, 0.4) is 0 Å². The van der Waals surface area contributed by atoms with Gasteiger partial charge in [0.25, 0.3) is 0 Å². The molecule has 0 atom stereocenters. The van der Waals surface area contributed by atoms with Gasteiger partial charge >= 0.3 is 6.03 Å². The van der Waals surface area contributed by atoms with Gasteiger partial charge in [-0.05, 0) is 25.6 Å². The van der Waals surface area contributed by atoms with Gasteiger partial charge in [-0.25, -0.2) is 4.79 Å². The van der Waals surface area contributed by atoms with Gasteiger partial charge in [-0.1, -0.05) is 18.2 Å². The maximum atomic E-state index is 11.9. The van der Waals surface area contributed by atoms with Gasteiger partial charge in [0.1, 0.15) is 0 Å². The van der Waals surface area contributed by atoms with Gasteiger partial charge in [-0.3, -0.25) is 4.90 Å². The van der Waals surface area contributed by atoms with Crippen LogP contribution in [0.4, 0.5) is 10.5 Å². The molecule has 1 aromatic rings. The minimum atomic E-state index is -0.0160. The molecule has 86 valence electrons. The standard InChI is InChI=1S/C12H17N3O/c1-14-8-5-9-15(10-14)12(16)13-11-6-3-2-4-7-11/h2-4,6-7H,5,8-10H2,1H3,(H,13,16). The third-order valence-corrected chi connectivity index (χ3v) is 2.69. The highest BCUT2D eigenvalue weighted by Crippen LogP contribution is 2.09. The van der Waals surface area contributed by atoms with E-state index in [0.29, 0.717) is 6.67 Å². The third kappa shape index (κ3) is 2.73. The Balaban J connectivity index is 1.93. The van der Waals surface area contributed by atoms with Crippen molar-refractivity contribution in [3.05, 3.63) is 30.3 Å². The Hall–Kier alpha value is -1.55. The molecule has 2 amide bonds. The van der Waals surface area contributed by atoms with E-state index in [1.54, 1.807) is 0 Å². The average Bonchev–Trinajstić information content (AvgIpc) is 2.30. The van der Waals surface area contributed by atoms with Gasteiger partial charge in [0.05, 0.1) is 6.67 Å². The number of anilines is 1. The Morgan fingerprint density at radius 1 is 1.25 bits per heavy atom. The number of carbonyl (C=O) groups excluding carboxylic acids is 1. The molecule has 1 fully saturated rings. The zero-order chi connectivity index (χ0) is 11.4. The summed E-state index contributed by atoms with van der Waals surface area (Å²) in [6.07, 6.45) is 1.04. The molecule has 0 aromatic heterocycles.